The molecule has 1 heterocycles. The van der Waals surface area contributed by atoms with E-state index in [0.29, 0.717) is 24.0 Å². The fraction of sp³-hybridized carbons (Fsp3) is 0.458. The van der Waals surface area contributed by atoms with Crippen molar-refractivity contribution >= 4 is 23.2 Å². The molecule has 172 valence electrons. The number of ether oxygens (including phenoxy) is 2. The Labute approximate surface area is 192 Å². The van der Waals surface area contributed by atoms with Crippen molar-refractivity contribution in [2.75, 3.05) is 18.5 Å². The molecule has 8 heteroatoms. The Kier molecular flexibility index (Phi) is 6.79. The third-order valence-corrected chi connectivity index (χ3v) is 6.34. The van der Waals surface area contributed by atoms with Gasteiger partial charge in [-0.2, -0.15) is 0 Å². The summed E-state index contributed by atoms with van der Waals surface area (Å²) < 4.78 is 11.9. The van der Waals surface area contributed by atoms with Crippen molar-refractivity contribution in [3.05, 3.63) is 47.0 Å². The summed E-state index contributed by atoms with van der Waals surface area (Å²) in [5, 5.41) is 26.9. The maximum absolute atomic E-state index is 11.3. The number of phenolic OH excluding ortho intramolecular Hbond substituents is 1. The van der Waals surface area contributed by atoms with E-state index in [1.807, 2.05) is 18.2 Å². The Morgan fingerprint density at radius 2 is 2.06 bits per heavy atom. The quantitative estimate of drug-likeness (QED) is 0.471. The van der Waals surface area contributed by atoms with Gasteiger partial charge in [-0.05, 0) is 61.6 Å². The average Bonchev–Trinajstić information content (AvgIpc) is 3.10. The highest BCUT2D eigenvalue weighted by atomic mass is 35.5. The van der Waals surface area contributed by atoms with E-state index in [-0.39, 0.29) is 23.9 Å². The Hall–Kier alpha value is -2.48. The van der Waals surface area contributed by atoms with Crippen LogP contribution in [0.4, 0.5) is 5.69 Å². The van der Waals surface area contributed by atoms with Crippen LogP contribution in [-0.2, 0) is 11.2 Å². The van der Waals surface area contributed by atoms with E-state index in [0.717, 1.165) is 42.9 Å². The molecule has 0 saturated heterocycles. The minimum Gasteiger partial charge on any atom is -0.508 e. The molecule has 0 aromatic heterocycles. The van der Waals surface area contributed by atoms with Crippen LogP contribution < -0.4 is 20.1 Å². The lowest BCUT2D eigenvalue weighted by Crippen LogP contribution is -2.46. The van der Waals surface area contributed by atoms with Crippen LogP contribution in [0, 0.1) is 0 Å². The maximum atomic E-state index is 11.3. The lowest BCUT2D eigenvalue weighted by Gasteiger charge is -2.37. The minimum absolute atomic E-state index is 0.0244. The van der Waals surface area contributed by atoms with E-state index < -0.39 is 6.10 Å². The molecular formula is C24H29ClN2O5. The largest absolute Gasteiger partial charge is 0.508 e. The second-order valence-corrected chi connectivity index (χ2v) is 9.16. The SMILES string of the molecule is CC(=O)Nc1ccc(O)cc1OC[C@H](O)CNC1CCC2(CC1)Cc1cc(Cl)ccc1O2. The number of phenols is 1. The third-order valence-electron chi connectivity index (χ3n) is 6.11. The predicted molar refractivity (Wildman–Crippen MR) is 123 cm³/mol. The van der Waals surface area contributed by atoms with Gasteiger partial charge in [0, 0.05) is 37.0 Å². The lowest BCUT2D eigenvalue weighted by atomic mass is 9.79. The van der Waals surface area contributed by atoms with Gasteiger partial charge in [-0.25, -0.2) is 0 Å². The van der Waals surface area contributed by atoms with Gasteiger partial charge in [0.05, 0.1) is 5.69 Å². The van der Waals surface area contributed by atoms with Crippen molar-refractivity contribution < 1.29 is 24.5 Å². The number of aromatic hydroxyl groups is 1. The number of carbonyl (C=O) groups excluding carboxylic acids is 1. The monoisotopic (exact) mass is 460 g/mol. The van der Waals surface area contributed by atoms with Gasteiger partial charge in [-0.3, -0.25) is 4.79 Å². The number of rotatable bonds is 7. The Morgan fingerprint density at radius 1 is 1.28 bits per heavy atom. The molecule has 1 fully saturated rings. The van der Waals surface area contributed by atoms with Crippen LogP contribution in [0.15, 0.2) is 36.4 Å². The summed E-state index contributed by atoms with van der Waals surface area (Å²) in [5.41, 5.74) is 1.50. The first-order chi connectivity index (χ1) is 15.3. The summed E-state index contributed by atoms with van der Waals surface area (Å²) in [5.74, 6) is 1.04. The molecular weight excluding hydrogens is 432 g/mol. The molecule has 1 amide bonds. The van der Waals surface area contributed by atoms with E-state index in [1.165, 1.54) is 24.6 Å². The van der Waals surface area contributed by atoms with Crippen LogP contribution in [0.2, 0.25) is 5.02 Å². The van der Waals surface area contributed by atoms with Gasteiger partial charge < -0.3 is 30.3 Å². The highest BCUT2D eigenvalue weighted by Crippen LogP contribution is 2.44. The average molecular weight is 461 g/mol. The van der Waals surface area contributed by atoms with Gasteiger partial charge >= 0.3 is 0 Å². The van der Waals surface area contributed by atoms with Crippen molar-refractivity contribution in [3.63, 3.8) is 0 Å². The number of halogens is 1. The fourth-order valence-corrected chi connectivity index (χ4v) is 4.69. The molecule has 4 N–H and O–H groups in total. The number of amides is 1. The highest BCUT2D eigenvalue weighted by molar-refractivity contribution is 6.30. The molecule has 2 aromatic carbocycles. The zero-order valence-corrected chi connectivity index (χ0v) is 18.8. The molecule has 1 aliphatic heterocycles. The standard InChI is InChI=1S/C24H29ClN2O5/c1-15(28)27-21-4-3-19(29)11-23(21)31-14-20(30)13-26-18-6-8-24(9-7-18)12-16-10-17(25)2-5-22(16)32-24/h2-5,10-11,18,20,26,29-30H,6-9,12-14H2,1H3,(H,27,28)/t18?,20-,24?/m1/s1. The van der Waals surface area contributed by atoms with E-state index in [4.69, 9.17) is 21.1 Å². The van der Waals surface area contributed by atoms with E-state index in [1.54, 1.807) is 6.07 Å². The first-order valence-corrected chi connectivity index (χ1v) is 11.3. The van der Waals surface area contributed by atoms with Gasteiger partial charge in [-0.15, -0.1) is 0 Å². The second-order valence-electron chi connectivity index (χ2n) is 8.72. The van der Waals surface area contributed by atoms with E-state index in [9.17, 15) is 15.0 Å². The molecule has 1 saturated carbocycles. The van der Waals surface area contributed by atoms with Crippen molar-refractivity contribution in [1.82, 2.24) is 5.32 Å². The fourth-order valence-electron chi connectivity index (χ4n) is 4.50. The van der Waals surface area contributed by atoms with Crippen LogP contribution in [-0.4, -0.2) is 47.0 Å². The normalized spacial score (nSPS) is 22.8. The van der Waals surface area contributed by atoms with Gasteiger partial charge in [0.2, 0.25) is 5.91 Å². The molecule has 0 bridgehead atoms. The summed E-state index contributed by atoms with van der Waals surface area (Å²) in [7, 11) is 0. The first-order valence-electron chi connectivity index (χ1n) is 10.9. The molecule has 0 radical (unpaired) electrons. The summed E-state index contributed by atoms with van der Waals surface area (Å²) in [6.07, 6.45) is 4.00. The minimum atomic E-state index is -0.729. The number of carbonyl (C=O) groups is 1. The first kappa shape index (κ1) is 22.7. The Balaban J connectivity index is 1.22. The predicted octanol–water partition coefficient (Wildman–Crippen LogP) is 3.65. The van der Waals surface area contributed by atoms with Gasteiger partial charge in [0.15, 0.2) is 0 Å². The van der Waals surface area contributed by atoms with Gasteiger partial charge in [0.25, 0.3) is 0 Å². The molecule has 7 nitrogen and oxygen atoms in total. The summed E-state index contributed by atoms with van der Waals surface area (Å²) in [6.45, 7) is 1.83. The number of hydrogen-bond acceptors (Lipinski definition) is 6. The molecule has 2 aromatic rings. The zero-order valence-electron chi connectivity index (χ0n) is 18.1. The summed E-state index contributed by atoms with van der Waals surface area (Å²) >= 11 is 6.12. The van der Waals surface area contributed by atoms with Crippen LogP contribution in [0.5, 0.6) is 17.2 Å². The maximum Gasteiger partial charge on any atom is 0.221 e. The van der Waals surface area contributed by atoms with Crippen LogP contribution >= 0.6 is 11.6 Å². The zero-order chi connectivity index (χ0) is 22.7. The number of nitrogens with one attached hydrogen (secondary N) is 2. The Morgan fingerprint density at radius 3 is 2.81 bits per heavy atom. The van der Waals surface area contributed by atoms with Crippen molar-refractivity contribution in [3.8, 4) is 17.2 Å². The number of anilines is 1. The summed E-state index contributed by atoms with van der Waals surface area (Å²) in [4.78, 5) is 11.3. The number of benzene rings is 2. The van der Waals surface area contributed by atoms with Crippen LogP contribution in [0.1, 0.15) is 38.2 Å². The highest BCUT2D eigenvalue weighted by Gasteiger charge is 2.42. The third kappa shape index (κ3) is 5.46. The lowest BCUT2D eigenvalue weighted by molar-refractivity contribution is -0.114. The van der Waals surface area contributed by atoms with Gasteiger partial charge in [-0.1, -0.05) is 11.6 Å². The number of hydrogen-bond donors (Lipinski definition) is 4. The van der Waals surface area contributed by atoms with Crippen LogP contribution in [0.3, 0.4) is 0 Å². The smallest absolute Gasteiger partial charge is 0.221 e. The molecule has 32 heavy (non-hydrogen) atoms. The Bertz CT molecular complexity index is 975. The van der Waals surface area contributed by atoms with Crippen LogP contribution in [0.25, 0.3) is 0 Å². The molecule has 1 atom stereocenters. The number of aliphatic hydroxyl groups excluding tert-OH is 1. The van der Waals surface area contributed by atoms with Crippen molar-refractivity contribution in [2.24, 2.45) is 0 Å². The molecule has 4 rings (SSSR count). The topological polar surface area (TPSA) is 100 Å². The molecule has 1 aliphatic carbocycles. The van der Waals surface area contributed by atoms with E-state index >= 15 is 0 Å². The summed E-state index contributed by atoms with van der Waals surface area (Å²) in [6, 6.07) is 10.6. The van der Waals surface area contributed by atoms with Crippen molar-refractivity contribution in [2.45, 2.75) is 56.8 Å². The van der Waals surface area contributed by atoms with E-state index in [2.05, 4.69) is 10.6 Å². The van der Waals surface area contributed by atoms with Gasteiger partial charge in [0.1, 0.15) is 35.6 Å². The second kappa shape index (κ2) is 9.57. The number of aliphatic hydroxyl groups is 1. The number of fused-ring (bicyclic) bond motifs is 1. The molecule has 1 spiro atoms. The molecule has 0 unspecified atom stereocenters. The van der Waals surface area contributed by atoms with Crippen molar-refractivity contribution in [1.29, 1.82) is 0 Å². The molecule has 2 aliphatic rings.